The zero-order chi connectivity index (χ0) is 17.1. The molecule has 1 N–H and O–H groups in total. The molecule has 2 rings (SSSR count). The largest absolute Gasteiger partial charge is 0.455 e. The number of ether oxygens (including phenoxy) is 1. The van der Waals surface area contributed by atoms with Crippen LogP contribution in [0.1, 0.15) is 52.0 Å². The van der Waals surface area contributed by atoms with E-state index in [1.165, 1.54) is 6.07 Å². The van der Waals surface area contributed by atoms with E-state index in [9.17, 15) is 14.0 Å². The summed E-state index contributed by atoms with van der Waals surface area (Å²) >= 11 is 0. The van der Waals surface area contributed by atoms with E-state index in [1.807, 2.05) is 20.8 Å². The van der Waals surface area contributed by atoms with E-state index in [1.54, 1.807) is 18.2 Å². The summed E-state index contributed by atoms with van der Waals surface area (Å²) in [6.07, 6.45) is 2.79. The van der Waals surface area contributed by atoms with E-state index >= 15 is 0 Å². The van der Waals surface area contributed by atoms with Crippen molar-refractivity contribution in [2.45, 2.75) is 57.4 Å². The van der Waals surface area contributed by atoms with Gasteiger partial charge in [0, 0.05) is 11.1 Å². The minimum Gasteiger partial charge on any atom is -0.455 e. The van der Waals surface area contributed by atoms with E-state index in [2.05, 4.69) is 5.32 Å². The minimum atomic E-state index is -0.965. The Kier molecular flexibility index (Phi) is 5.07. The molecule has 126 valence electrons. The van der Waals surface area contributed by atoms with Crippen molar-refractivity contribution in [1.82, 2.24) is 5.32 Å². The number of amides is 1. The van der Waals surface area contributed by atoms with Crippen LogP contribution in [0.25, 0.3) is 0 Å². The van der Waals surface area contributed by atoms with Crippen LogP contribution in [-0.4, -0.2) is 24.0 Å². The zero-order valence-corrected chi connectivity index (χ0v) is 13.9. The van der Waals surface area contributed by atoms with Gasteiger partial charge < -0.3 is 10.1 Å². The van der Waals surface area contributed by atoms with Crippen LogP contribution >= 0.6 is 0 Å². The summed E-state index contributed by atoms with van der Waals surface area (Å²) < 4.78 is 19.4. The Hall–Kier alpha value is -1.91. The molecule has 1 saturated carbocycles. The molecule has 1 aromatic rings. The Bertz CT molecular complexity index is 586. The molecule has 23 heavy (non-hydrogen) atoms. The van der Waals surface area contributed by atoms with Crippen molar-refractivity contribution < 1.29 is 18.7 Å². The number of carbonyl (C=O) groups is 2. The average Bonchev–Trinajstić information content (AvgIpc) is 2.94. The first-order valence-corrected chi connectivity index (χ1v) is 7.98. The van der Waals surface area contributed by atoms with Crippen molar-refractivity contribution in [3.63, 3.8) is 0 Å². The summed E-state index contributed by atoms with van der Waals surface area (Å²) in [4.78, 5) is 24.4. The second kappa shape index (κ2) is 6.69. The number of benzene rings is 1. The van der Waals surface area contributed by atoms with Gasteiger partial charge in [-0.25, -0.2) is 4.39 Å². The molecule has 0 saturated heterocycles. The summed E-state index contributed by atoms with van der Waals surface area (Å²) in [6.45, 7) is 5.21. The maximum Gasteiger partial charge on any atom is 0.317 e. The zero-order valence-electron chi connectivity index (χ0n) is 13.9. The predicted molar refractivity (Wildman–Crippen MR) is 85.4 cm³/mol. The van der Waals surface area contributed by atoms with Crippen LogP contribution in [0.4, 0.5) is 4.39 Å². The molecule has 1 amide bonds. The molecular weight excluding hydrogens is 297 g/mol. The smallest absolute Gasteiger partial charge is 0.317 e. The highest BCUT2D eigenvalue weighted by molar-refractivity contribution is 5.87. The molecule has 0 aromatic heterocycles. The second-order valence-electron chi connectivity index (χ2n) is 7.14. The number of esters is 1. The van der Waals surface area contributed by atoms with Crippen molar-refractivity contribution >= 4 is 11.9 Å². The van der Waals surface area contributed by atoms with Crippen LogP contribution < -0.4 is 5.32 Å². The molecule has 0 unspecified atom stereocenters. The molecule has 0 heterocycles. The highest BCUT2D eigenvalue weighted by atomic mass is 19.1. The lowest BCUT2D eigenvalue weighted by Gasteiger charge is -2.28. The first kappa shape index (κ1) is 17.4. The molecule has 0 bridgehead atoms. The molecule has 4 nitrogen and oxygen atoms in total. The van der Waals surface area contributed by atoms with Crippen LogP contribution in [0.15, 0.2) is 24.3 Å². The monoisotopic (exact) mass is 321 g/mol. The number of hydrogen-bond donors (Lipinski definition) is 1. The Morgan fingerprint density at radius 2 is 1.83 bits per heavy atom. The fourth-order valence-electron chi connectivity index (χ4n) is 3.13. The van der Waals surface area contributed by atoms with Crippen molar-refractivity contribution in [2.75, 3.05) is 6.61 Å². The maximum absolute atomic E-state index is 14.2. The topological polar surface area (TPSA) is 55.4 Å². The average molecular weight is 321 g/mol. The molecule has 1 aliphatic rings. The van der Waals surface area contributed by atoms with Gasteiger partial charge in [0.1, 0.15) is 5.82 Å². The van der Waals surface area contributed by atoms with Crippen molar-refractivity contribution in [1.29, 1.82) is 0 Å². The van der Waals surface area contributed by atoms with Gasteiger partial charge >= 0.3 is 5.97 Å². The first-order chi connectivity index (χ1) is 10.7. The van der Waals surface area contributed by atoms with Gasteiger partial charge in [0.2, 0.25) is 0 Å². The van der Waals surface area contributed by atoms with Gasteiger partial charge in [0.15, 0.2) is 6.61 Å². The van der Waals surface area contributed by atoms with Gasteiger partial charge in [-0.3, -0.25) is 9.59 Å². The lowest BCUT2D eigenvalue weighted by molar-refractivity contribution is -0.154. The highest BCUT2D eigenvalue weighted by Crippen LogP contribution is 2.43. The van der Waals surface area contributed by atoms with Crippen LogP contribution in [0.2, 0.25) is 0 Å². The Morgan fingerprint density at radius 1 is 1.22 bits per heavy atom. The fraction of sp³-hybridized carbons (Fsp3) is 0.556. The van der Waals surface area contributed by atoms with E-state index in [-0.39, 0.29) is 18.1 Å². The summed E-state index contributed by atoms with van der Waals surface area (Å²) in [7, 11) is 0. The van der Waals surface area contributed by atoms with Crippen LogP contribution in [0, 0.1) is 5.82 Å². The summed E-state index contributed by atoms with van der Waals surface area (Å²) in [5.41, 5.74) is -0.980. The second-order valence-corrected chi connectivity index (χ2v) is 7.14. The summed E-state index contributed by atoms with van der Waals surface area (Å²) in [5, 5.41) is 2.74. The highest BCUT2D eigenvalue weighted by Gasteiger charge is 2.45. The van der Waals surface area contributed by atoms with E-state index in [4.69, 9.17) is 4.74 Å². The van der Waals surface area contributed by atoms with Crippen LogP contribution in [0.3, 0.4) is 0 Å². The summed E-state index contributed by atoms with van der Waals surface area (Å²) in [6, 6.07) is 6.31. The fourth-order valence-corrected chi connectivity index (χ4v) is 3.13. The first-order valence-electron chi connectivity index (χ1n) is 7.98. The minimum absolute atomic E-state index is 0.341. The Morgan fingerprint density at radius 3 is 2.39 bits per heavy atom. The van der Waals surface area contributed by atoms with Crippen molar-refractivity contribution in [3.05, 3.63) is 35.6 Å². The molecular formula is C18H24FNO3. The molecule has 0 spiro atoms. The number of hydrogen-bond acceptors (Lipinski definition) is 3. The summed E-state index contributed by atoms with van der Waals surface area (Å²) in [5.74, 6) is -1.26. The number of nitrogens with one attached hydrogen (secondary N) is 1. The number of rotatable bonds is 4. The third-order valence-corrected chi connectivity index (χ3v) is 4.09. The van der Waals surface area contributed by atoms with Crippen LogP contribution in [-0.2, 0) is 19.7 Å². The number of carbonyl (C=O) groups excluding carboxylic acids is 2. The van der Waals surface area contributed by atoms with Gasteiger partial charge in [-0.05, 0) is 39.7 Å². The molecule has 0 aliphatic heterocycles. The van der Waals surface area contributed by atoms with Crippen LogP contribution in [0.5, 0.6) is 0 Å². The van der Waals surface area contributed by atoms with E-state index < -0.39 is 17.2 Å². The third kappa shape index (κ3) is 4.09. The molecule has 5 heteroatoms. The Labute approximate surface area is 136 Å². The lowest BCUT2D eigenvalue weighted by Crippen LogP contribution is -2.44. The van der Waals surface area contributed by atoms with Crippen molar-refractivity contribution in [3.8, 4) is 0 Å². The standard InChI is InChI=1S/C18H24FNO3/c1-17(2,3)20-15(21)12-23-16(22)18(10-6-7-11-18)13-8-4-5-9-14(13)19/h4-5,8-9H,6-7,10-12H2,1-3H3,(H,20,21). The molecule has 1 aliphatic carbocycles. The number of halogens is 1. The third-order valence-electron chi connectivity index (χ3n) is 4.09. The van der Waals surface area contributed by atoms with Gasteiger partial charge in [-0.2, -0.15) is 0 Å². The van der Waals surface area contributed by atoms with Crippen molar-refractivity contribution in [2.24, 2.45) is 0 Å². The normalized spacial score (nSPS) is 16.9. The predicted octanol–water partition coefficient (Wildman–Crippen LogP) is 3.10. The van der Waals surface area contributed by atoms with Gasteiger partial charge in [0.25, 0.3) is 5.91 Å². The molecule has 1 aromatic carbocycles. The van der Waals surface area contributed by atoms with Gasteiger partial charge in [-0.1, -0.05) is 31.0 Å². The lowest BCUT2D eigenvalue weighted by atomic mass is 9.78. The van der Waals surface area contributed by atoms with E-state index in [0.717, 1.165) is 12.8 Å². The molecule has 1 fully saturated rings. The van der Waals surface area contributed by atoms with Gasteiger partial charge in [-0.15, -0.1) is 0 Å². The SMILES string of the molecule is CC(C)(C)NC(=O)COC(=O)C1(c2ccccc2F)CCCC1. The Balaban J connectivity index is 2.11. The van der Waals surface area contributed by atoms with Gasteiger partial charge in [0.05, 0.1) is 5.41 Å². The maximum atomic E-state index is 14.2. The quantitative estimate of drug-likeness (QED) is 0.867. The van der Waals surface area contributed by atoms with E-state index in [0.29, 0.717) is 18.4 Å². The molecule has 0 atom stereocenters. The molecule has 0 radical (unpaired) electrons.